The van der Waals surface area contributed by atoms with Gasteiger partial charge >= 0.3 is 5.97 Å². The van der Waals surface area contributed by atoms with Crippen molar-refractivity contribution < 1.29 is 19.0 Å². The van der Waals surface area contributed by atoms with Crippen molar-refractivity contribution in [2.75, 3.05) is 26.1 Å². The van der Waals surface area contributed by atoms with Crippen LogP contribution in [0.25, 0.3) is 0 Å². The Hall–Kier alpha value is -2.47. The quantitative estimate of drug-likeness (QED) is 0.476. The molecule has 0 spiro atoms. The van der Waals surface area contributed by atoms with Gasteiger partial charge in [0.1, 0.15) is 0 Å². The first-order valence-corrected chi connectivity index (χ1v) is 10.5. The molecule has 29 heavy (non-hydrogen) atoms. The van der Waals surface area contributed by atoms with Crippen molar-refractivity contribution in [3.63, 3.8) is 0 Å². The van der Waals surface area contributed by atoms with Gasteiger partial charge in [0.25, 0.3) is 0 Å². The number of hydrogen-bond donors (Lipinski definition) is 1. The normalized spacial score (nSPS) is 21.7. The highest BCUT2D eigenvalue weighted by molar-refractivity contribution is 9.10. The van der Waals surface area contributed by atoms with Gasteiger partial charge in [0.05, 0.1) is 36.9 Å². The molecule has 3 atom stereocenters. The van der Waals surface area contributed by atoms with Crippen LogP contribution in [0.1, 0.15) is 46.8 Å². The SMILES string of the molecule is CCOC(=O)c1ccc2c(c1)C1C=CCC1C(c1cc(Br)c(OC)c(OC)c1)N2. The van der Waals surface area contributed by atoms with Gasteiger partial charge in [-0.15, -0.1) is 0 Å². The maximum Gasteiger partial charge on any atom is 0.338 e. The Labute approximate surface area is 179 Å². The lowest BCUT2D eigenvalue weighted by molar-refractivity contribution is 0.0526. The number of allylic oxidation sites excluding steroid dienone is 2. The molecule has 6 heteroatoms. The summed E-state index contributed by atoms with van der Waals surface area (Å²) in [5.41, 5.74) is 3.92. The second-order valence-corrected chi connectivity index (χ2v) is 8.09. The van der Waals surface area contributed by atoms with Gasteiger partial charge < -0.3 is 19.5 Å². The van der Waals surface area contributed by atoms with Gasteiger partial charge in [-0.1, -0.05) is 12.2 Å². The lowest BCUT2D eigenvalue weighted by Crippen LogP contribution is -2.29. The van der Waals surface area contributed by atoms with E-state index in [1.54, 1.807) is 14.2 Å². The summed E-state index contributed by atoms with van der Waals surface area (Å²) in [5.74, 6) is 1.71. The van der Waals surface area contributed by atoms with Gasteiger partial charge in [-0.25, -0.2) is 4.79 Å². The van der Waals surface area contributed by atoms with Gasteiger partial charge in [0.15, 0.2) is 11.5 Å². The molecule has 1 aliphatic carbocycles. The van der Waals surface area contributed by atoms with Crippen LogP contribution in [0.4, 0.5) is 5.69 Å². The molecule has 0 bridgehead atoms. The number of carbonyl (C=O) groups is 1. The molecule has 0 saturated carbocycles. The molecule has 0 amide bonds. The molecule has 1 heterocycles. The summed E-state index contributed by atoms with van der Waals surface area (Å²) in [6.45, 7) is 2.19. The predicted molar refractivity (Wildman–Crippen MR) is 116 cm³/mol. The average Bonchev–Trinajstić information content (AvgIpc) is 3.22. The maximum absolute atomic E-state index is 12.2. The number of halogens is 1. The van der Waals surface area contributed by atoms with Gasteiger partial charge in [-0.05, 0) is 76.7 Å². The van der Waals surface area contributed by atoms with Crippen molar-refractivity contribution in [3.8, 4) is 11.5 Å². The first-order chi connectivity index (χ1) is 14.1. The van der Waals surface area contributed by atoms with E-state index in [0.717, 1.165) is 27.7 Å². The zero-order valence-corrected chi connectivity index (χ0v) is 18.3. The number of rotatable bonds is 5. The third-order valence-corrected chi connectivity index (χ3v) is 6.28. The number of carbonyl (C=O) groups excluding carboxylic acids is 1. The molecule has 2 aromatic carbocycles. The highest BCUT2D eigenvalue weighted by atomic mass is 79.9. The first kappa shape index (κ1) is 19.8. The van der Waals surface area contributed by atoms with Crippen LogP contribution in [0.2, 0.25) is 0 Å². The van der Waals surface area contributed by atoms with Crippen molar-refractivity contribution in [2.45, 2.75) is 25.3 Å². The molecule has 1 N–H and O–H groups in total. The van der Waals surface area contributed by atoms with Crippen molar-refractivity contribution in [3.05, 3.63) is 63.6 Å². The lowest BCUT2D eigenvalue weighted by atomic mass is 9.76. The maximum atomic E-state index is 12.2. The van der Waals surface area contributed by atoms with Crippen molar-refractivity contribution in [1.29, 1.82) is 0 Å². The largest absolute Gasteiger partial charge is 0.493 e. The van der Waals surface area contributed by atoms with Crippen molar-refractivity contribution in [2.24, 2.45) is 5.92 Å². The van der Waals surface area contributed by atoms with E-state index in [2.05, 4.69) is 39.5 Å². The fourth-order valence-electron chi connectivity index (χ4n) is 4.38. The molecule has 4 rings (SSSR count). The Bertz CT molecular complexity index is 972. The minimum absolute atomic E-state index is 0.118. The fourth-order valence-corrected chi connectivity index (χ4v) is 5.00. The van der Waals surface area contributed by atoms with Crippen LogP contribution >= 0.6 is 15.9 Å². The molecular weight excluding hydrogens is 434 g/mol. The summed E-state index contributed by atoms with van der Waals surface area (Å²) in [7, 11) is 3.28. The Morgan fingerprint density at radius 3 is 2.76 bits per heavy atom. The standard InChI is InChI=1S/C23H24BrNO4/c1-4-29-23(26)13-8-9-19-17(10-13)15-6-5-7-16(15)21(25-19)14-11-18(24)22(28-3)20(12-14)27-2/h5-6,8-12,15-16,21,25H,4,7H2,1-3H3. The predicted octanol–water partition coefficient (Wildman–Crippen LogP) is 5.47. The Morgan fingerprint density at radius 2 is 2.03 bits per heavy atom. The third-order valence-electron chi connectivity index (χ3n) is 5.69. The minimum Gasteiger partial charge on any atom is -0.493 e. The number of fused-ring (bicyclic) bond motifs is 3. The third kappa shape index (κ3) is 3.50. The second kappa shape index (κ2) is 8.11. The van der Waals surface area contributed by atoms with E-state index in [1.165, 1.54) is 0 Å². The van der Waals surface area contributed by atoms with Crippen molar-refractivity contribution >= 4 is 27.6 Å². The van der Waals surface area contributed by atoms with Crippen LogP contribution in [-0.4, -0.2) is 26.8 Å². The molecule has 1 aliphatic heterocycles. The van der Waals surface area contributed by atoms with Crippen LogP contribution in [0, 0.1) is 5.92 Å². The van der Waals surface area contributed by atoms with E-state index in [4.69, 9.17) is 14.2 Å². The highest BCUT2D eigenvalue weighted by Gasteiger charge is 2.38. The molecule has 0 fully saturated rings. The monoisotopic (exact) mass is 457 g/mol. The Morgan fingerprint density at radius 1 is 1.21 bits per heavy atom. The smallest absolute Gasteiger partial charge is 0.338 e. The molecular formula is C23H24BrNO4. The van der Waals surface area contributed by atoms with Gasteiger partial charge in [-0.2, -0.15) is 0 Å². The van der Waals surface area contributed by atoms with Crippen LogP contribution in [0.3, 0.4) is 0 Å². The number of anilines is 1. The van der Waals surface area contributed by atoms with Crippen LogP contribution in [0.15, 0.2) is 47.0 Å². The number of methoxy groups -OCH3 is 2. The zero-order chi connectivity index (χ0) is 20.5. The van der Waals surface area contributed by atoms with E-state index >= 15 is 0 Å². The molecule has 2 aliphatic rings. The van der Waals surface area contributed by atoms with E-state index in [1.807, 2.05) is 31.2 Å². The van der Waals surface area contributed by atoms with E-state index in [9.17, 15) is 4.79 Å². The summed E-state index contributed by atoms with van der Waals surface area (Å²) in [6.07, 6.45) is 5.45. The van der Waals surface area contributed by atoms with E-state index in [-0.39, 0.29) is 17.9 Å². The summed E-state index contributed by atoms with van der Waals surface area (Å²) in [4.78, 5) is 12.2. The lowest BCUT2D eigenvalue weighted by Gasteiger charge is -2.38. The molecule has 2 aromatic rings. The van der Waals surface area contributed by atoms with Gasteiger partial charge in [-0.3, -0.25) is 0 Å². The molecule has 5 nitrogen and oxygen atoms in total. The molecule has 0 aromatic heterocycles. The number of hydrogen-bond acceptors (Lipinski definition) is 5. The number of esters is 1. The van der Waals surface area contributed by atoms with Crippen LogP contribution in [-0.2, 0) is 4.74 Å². The van der Waals surface area contributed by atoms with Gasteiger partial charge in [0.2, 0.25) is 0 Å². The van der Waals surface area contributed by atoms with Crippen LogP contribution < -0.4 is 14.8 Å². The Kier molecular flexibility index (Phi) is 5.54. The highest BCUT2D eigenvalue weighted by Crippen LogP contribution is 2.51. The minimum atomic E-state index is -0.278. The van der Waals surface area contributed by atoms with Crippen molar-refractivity contribution in [1.82, 2.24) is 0 Å². The Balaban J connectivity index is 1.73. The van der Waals surface area contributed by atoms with Crippen LogP contribution in [0.5, 0.6) is 11.5 Å². The molecule has 3 unspecified atom stereocenters. The summed E-state index contributed by atoms with van der Waals surface area (Å²) < 4.78 is 17.0. The second-order valence-electron chi connectivity index (χ2n) is 7.24. The topological polar surface area (TPSA) is 56.8 Å². The average molecular weight is 458 g/mol. The van der Waals surface area contributed by atoms with E-state index in [0.29, 0.717) is 29.6 Å². The first-order valence-electron chi connectivity index (χ1n) is 9.73. The molecule has 152 valence electrons. The molecule has 0 saturated heterocycles. The summed E-state index contributed by atoms with van der Waals surface area (Å²) in [5, 5.41) is 3.69. The summed E-state index contributed by atoms with van der Waals surface area (Å²) in [6, 6.07) is 10.0. The number of ether oxygens (including phenoxy) is 3. The summed E-state index contributed by atoms with van der Waals surface area (Å²) >= 11 is 3.61. The zero-order valence-electron chi connectivity index (χ0n) is 16.7. The number of benzene rings is 2. The molecule has 0 radical (unpaired) electrons. The van der Waals surface area contributed by atoms with Gasteiger partial charge in [0, 0.05) is 11.6 Å². The fraction of sp³-hybridized carbons (Fsp3) is 0.348. The number of nitrogens with one attached hydrogen (secondary N) is 1. The van der Waals surface area contributed by atoms with E-state index < -0.39 is 0 Å².